The van der Waals surface area contributed by atoms with E-state index in [0.717, 1.165) is 10.7 Å². The molecule has 0 N–H and O–H groups in total. The minimum absolute atomic E-state index is 0.0685. The van der Waals surface area contributed by atoms with Crippen LogP contribution in [-0.4, -0.2) is 35.6 Å². The van der Waals surface area contributed by atoms with Gasteiger partial charge in [-0.05, 0) is 44.2 Å². The number of benzene rings is 2. The molecular formula is C22H20F3N3O4. The van der Waals surface area contributed by atoms with Crippen molar-refractivity contribution < 1.29 is 32.2 Å². The Kier molecular flexibility index (Phi) is 5.45. The summed E-state index contributed by atoms with van der Waals surface area (Å²) in [5.74, 6) is 0.692. The number of halogens is 3. The summed E-state index contributed by atoms with van der Waals surface area (Å²) in [4.78, 5) is 14.5. The summed E-state index contributed by atoms with van der Waals surface area (Å²) in [5.41, 5.74) is 0.0256. The van der Waals surface area contributed by atoms with Crippen molar-refractivity contribution in [2.24, 2.45) is 0 Å². The van der Waals surface area contributed by atoms with Gasteiger partial charge in [-0.25, -0.2) is 4.68 Å². The van der Waals surface area contributed by atoms with Gasteiger partial charge >= 0.3 is 6.18 Å². The van der Waals surface area contributed by atoms with E-state index < -0.39 is 11.9 Å². The number of aromatic nitrogens is 2. The molecule has 0 saturated carbocycles. The minimum Gasteiger partial charge on any atom is -0.475 e. The van der Waals surface area contributed by atoms with Gasteiger partial charge in [-0.15, -0.1) is 0 Å². The van der Waals surface area contributed by atoms with Gasteiger partial charge in [-0.1, -0.05) is 6.07 Å². The number of fused-ring (bicyclic) bond motifs is 1. The maximum absolute atomic E-state index is 13.2. The van der Waals surface area contributed by atoms with Crippen molar-refractivity contribution in [2.75, 3.05) is 18.7 Å². The van der Waals surface area contributed by atoms with Gasteiger partial charge in [-0.3, -0.25) is 4.79 Å². The van der Waals surface area contributed by atoms with Gasteiger partial charge in [0.2, 0.25) is 12.7 Å². The van der Waals surface area contributed by atoms with Gasteiger partial charge in [0.05, 0.1) is 11.8 Å². The number of alkyl halides is 3. The molecule has 0 saturated heterocycles. The zero-order valence-electron chi connectivity index (χ0n) is 17.5. The number of amides is 1. The van der Waals surface area contributed by atoms with E-state index in [1.807, 2.05) is 0 Å². The predicted molar refractivity (Wildman–Crippen MR) is 110 cm³/mol. The average molecular weight is 447 g/mol. The second-order valence-corrected chi connectivity index (χ2v) is 7.40. The molecule has 0 atom stereocenters. The Balaban J connectivity index is 1.66. The highest BCUT2D eigenvalue weighted by Crippen LogP contribution is 2.36. The lowest BCUT2D eigenvalue weighted by Gasteiger charge is -2.18. The monoisotopic (exact) mass is 447 g/mol. The number of carbonyl (C=O) groups excluding carboxylic acids is 1. The molecule has 1 aromatic heterocycles. The zero-order chi connectivity index (χ0) is 23.0. The average Bonchev–Trinajstić information content (AvgIpc) is 3.38. The van der Waals surface area contributed by atoms with Gasteiger partial charge in [0.1, 0.15) is 0 Å². The van der Waals surface area contributed by atoms with Crippen LogP contribution >= 0.6 is 0 Å². The molecular weight excluding hydrogens is 427 g/mol. The number of carbonyl (C=O) groups is 1. The van der Waals surface area contributed by atoms with Crippen molar-refractivity contribution >= 4 is 11.6 Å². The lowest BCUT2D eigenvalue weighted by atomic mass is 10.1. The summed E-state index contributed by atoms with van der Waals surface area (Å²) >= 11 is 0. The molecule has 4 rings (SSSR count). The smallest absolute Gasteiger partial charge is 0.435 e. The molecule has 0 aliphatic carbocycles. The number of anilines is 1. The fraction of sp³-hybridized carbons (Fsp3) is 0.273. The number of hydrogen-bond acceptors (Lipinski definition) is 5. The van der Waals surface area contributed by atoms with Crippen LogP contribution in [0.5, 0.6) is 17.4 Å². The van der Waals surface area contributed by atoms with Crippen LogP contribution in [0.15, 0.2) is 48.5 Å². The molecule has 32 heavy (non-hydrogen) atoms. The standard InChI is InChI=1S/C22H20F3N3O4/c1-13(2)32-20-11-19(22(23,24)25)26-28(20)16-6-4-5-14(9-16)21(29)27(3)15-7-8-17-18(10-15)31-12-30-17/h4-11,13H,12H2,1-3H3. The molecule has 0 unspecified atom stereocenters. The molecule has 3 aromatic rings. The molecule has 0 radical (unpaired) electrons. The van der Waals surface area contributed by atoms with Gasteiger partial charge in [0, 0.05) is 30.4 Å². The van der Waals surface area contributed by atoms with Crippen molar-refractivity contribution in [1.82, 2.24) is 9.78 Å². The topological polar surface area (TPSA) is 65.8 Å². The molecule has 1 aliphatic heterocycles. The maximum Gasteiger partial charge on any atom is 0.435 e. The Hall–Kier alpha value is -3.69. The lowest BCUT2D eigenvalue weighted by Crippen LogP contribution is -2.26. The van der Waals surface area contributed by atoms with Crippen molar-refractivity contribution in [2.45, 2.75) is 26.1 Å². The summed E-state index contributed by atoms with van der Waals surface area (Å²) in [6.45, 7) is 3.51. The third kappa shape index (κ3) is 4.20. The van der Waals surface area contributed by atoms with E-state index in [9.17, 15) is 18.0 Å². The molecule has 0 bridgehead atoms. The van der Waals surface area contributed by atoms with Crippen molar-refractivity contribution in [3.8, 4) is 23.1 Å². The number of rotatable bonds is 5. The van der Waals surface area contributed by atoms with Gasteiger partial charge in [0.25, 0.3) is 5.91 Å². The van der Waals surface area contributed by atoms with E-state index in [4.69, 9.17) is 14.2 Å². The quantitative estimate of drug-likeness (QED) is 0.568. The summed E-state index contributed by atoms with van der Waals surface area (Å²) in [7, 11) is 1.59. The Morgan fingerprint density at radius 3 is 2.59 bits per heavy atom. The van der Waals surface area contributed by atoms with Crippen LogP contribution in [0.25, 0.3) is 5.69 Å². The molecule has 168 valence electrons. The normalized spacial score (nSPS) is 12.8. The van der Waals surface area contributed by atoms with Crippen molar-refractivity contribution in [3.05, 3.63) is 59.8 Å². The molecule has 0 fully saturated rings. The van der Waals surface area contributed by atoms with Gasteiger partial charge in [-0.2, -0.15) is 18.3 Å². The molecule has 2 heterocycles. The highest BCUT2D eigenvalue weighted by atomic mass is 19.4. The van der Waals surface area contributed by atoms with Crippen LogP contribution in [-0.2, 0) is 6.18 Å². The molecule has 2 aromatic carbocycles. The molecule has 1 aliphatic rings. The second-order valence-electron chi connectivity index (χ2n) is 7.40. The summed E-state index contributed by atoms with van der Waals surface area (Å²) in [5, 5.41) is 3.66. The van der Waals surface area contributed by atoms with Crippen molar-refractivity contribution in [1.29, 1.82) is 0 Å². The lowest BCUT2D eigenvalue weighted by molar-refractivity contribution is -0.141. The highest BCUT2D eigenvalue weighted by Gasteiger charge is 2.35. The van der Waals surface area contributed by atoms with Crippen LogP contribution in [0.3, 0.4) is 0 Å². The number of hydrogen-bond donors (Lipinski definition) is 0. The van der Waals surface area contributed by atoms with E-state index in [1.54, 1.807) is 57.3 Å². The van der Waals surface area contributed by atoms with E-state index in [-0.39, 0.29) is 35.9 Å². The van der Waals surface area contributed by atoms with Crippen molar-refractivity contribution in [3.63, 3.8) is 0 Å². The predicted octanol–water partition coefficient (Wildman–Crippen LogP) is 4.68. The third-order valence-electron chi connectivity index (χ3n) is 4.71. The number of nitrogens with zero attached hydrogens (tertiary/aromatic N) is 3. The largest absolute Gasteiger partial charge is 0.475 e. The second kappa shape index (κ2) is 8.10. The first-order chi connectivity index (χ1) is 15.1. The Morgan fingerprint density at radius 1 is 1.12 bits per heavy atom. The number of ether oxygens (including phenoxy) is 3. The molecule has 7 nitrogen and oxygen atoms in total. The van der Waals surface area contributed by atoms with E-state index in [0.29, 0.717) is 17.2 Å². The van der Waals surface area contributed by atoms with Crippen LogP contribution in [0.2, 0.25) is 0 Å². The molecule has 10 heteroatoms. The SMILES string of the molecule is CC(C)Oc1cc(C(F)(F)F)nn1-c1cccc(C(=O)N(C)c2ccc3c(c2)OCO3)c1. The van der Waals surface area contributed by atoms with Crippen LogP contribution in [0.1, 0.15) is 29.9 Å². The zero-order valence-corrected chi connectivity index (χ0v) is 17.5. The van der Waals surface area contributed by atoms with E-state index in [1.165, 1.54) is 11.0 Å². The minimum atomic E-state index is -4.63. The Labute approximate surface area is 181 Å². The van der Waals surface area contributed by atoms with Gasteiger partial charge < -0.3 is 19.1 Å². The first-order valence-corrected chi connectivity index (χ1v) is 9.75. The first-order valence-electron chi connectivity index (χ1n) is 9.75. The maximum atomic E-state index is 13.2. The third-order valence-corrected chi connectivity index (χ3v) is 4.71. The Bertz CT molecular complexity index is 1160. The molecule has 1 amide bonds. The summed E-state index contributed by atoms with van der Waals surface area (Å²) in [6, 6.07) is 12.1. The fourth-order valence-corrected chi connectivity index (χ4v) is 3.19. The highest BCUT2D eigenvalue weighted by molar-refractivity contribution is 6.06. The molecule has 0 spiro atoms. The fourth-order valence-electron chi connectivity index (χ4n) is 3.19. The summed E-state index contributed by atoms with van der Waals surface area (Å²) < 4.78 is 56.8. The van der Waals surface area contributed by atoms with Crippen LogP contribution < -0.4 is 19.1 Å². The van der Waals surface area contributed by atoms with Gasteiger partial charge in [0.15, 0.2) is 17.2 Å². The van der Waals surface area contributed by atoms with E-state index in [2.05, 4.69) is 5.10 Å². The Morgan fingerprint density at radius 2 is 1.88 bits per heavy atom. The van der Waals surface area contributed by atoms with E-state index >= 15 is 0 Å². The first kappa shape index (κ1) is 21.5. The van der Waals surface area contributed by atoms with Crippen LogP contribution in [0.4, 0.5) is 18.9 Å². The van der Waals surface area contributed by atoms with Crippen LogP contribution in [0, 0.1) is 0 Å². The summed E-state index contributed by atoms with van der Waals surface area (Å²) in [6.07, 6.45) is -5.00.